The van der Waals surface area contributed by atoms with Crippen molar-refractivity contribution in [3.63, 3.8) is 0 Å². The van der Waals surface area contributed by atoms with Crippen molar-refractivity contribution in [2.24, 2.45) is 7.05 Å². The predicted molar refractivity (Wildman–Crippen MR) is 72.4 cm³/mol. The van der Waals surface area contributed by atoms with E-state index in [0.717, 1.165) is 30.4 Å². The van der Waals surface area contributed by atoms with Gasteiger partial charge < -0.3 is 5.32 Å². The number of hydrogen-bond donors (Lipinski definition) is 1. The van der Waals surface area contributed by atoms with Gasteiger partial charge in [0.15, 0.2) is 0 Å². The van der Waals surface area contributed by atoms with Gasteiger partial charge in [0.2, 0.25) is 0 Å². The first-order valence-corrected chi connectivity index (χ1v) is 7.07. The Morgan fingerprint density at radius 3 is 2.61 bits per heavy atom. The zero-order chi connectivity index (χ0) is 12.7. The zero-order valence-corrected chi connectivity index (χ0v) is 11.7. The second-order valence-corrected chi connectivity index (χ2v) is 6.08. The normalized spacial score (nSPS) is 31.2. The minimum atomic E-state index is 0.735. The fourth-order valence-corrected chi connectivity index (χ4v) is 3.58. The summed E-state index contributed by atoms with van der Waals surface area (Å²) in [5.74, 6) is 0. The number of fused-ring (bicyclic) bond motifs is 2. The molecule has 2 fully saturated rings. The van der Waals surface area contributed by atoms with Gasteiger partial charge in [0.1, 0.15) is 0 Å². The molecular weight excluding hydrogens is 224 g/mol. The molecule has 0 spiro atoms. The van der Waals surface area contributed by atoms with Crippen LogP contribution in [0.4, 0.5) is 0 Å². The maximum Gasteiger partial charge on any atom is 0.0597 e. The Morgan fingerprint density at radius 1 is 1.39 bits per heavy atom. The first kappa shape index (κ1) is 12.2. The lowest BCUT2D eigenvalue weighted by Crippen LogP contribution is -2.46. The molecule has 3 rings (SSSR count). The molecule has 2 aliphatic heterocycles. The van der Waals surface area contributed by atoms with Crippen molar-refractivity contribution < 1.29 is 0 Å². The average Bonchev–Trinajstić information content (AvgIpc) is 2.82. The molecule has 18 heavy (non-hydrogen) atoms. The van der Waals surface area contributed by atoms with Crippen LogP contribution in [0.15, 0.2) is 6.07 Å². The summed E-state index contributed by atoms with van der Waals surface area (Å²) in [5, 5.41) is 8.14. The quantitative estimate of drug-likeness (QED) is 0.879. The predicted octanol–water partition coefficient (Wildman–Crippen LogP) is 1.44. The maximum atomic E-state index is 4.43. The topological polar surface area (TPSA) is 33.1 Å². The molecule has 2 atom stereocenters. The van der Waals surface area contributed by atoms with Gasteiger partial charge >= 0.3 is 0 Å². The molecule has 1 aromatic heterocycles. The zero-order valence-electron chi connectivity index (χ0n) is 11.7. The van der Waals surface area contributed by atoms with E-state index < -0.39 is 0 Å². The molecule has 2 bridgehead atoms. The van der Waals surface area contributed by atoms with Crippen LogP contribution >= 0.6 is 0 Å². The highest BCUT2D eigenvalue weighted by Gasteiger charge is 2.35. The Hall–Kier alpha value is -0.870. The lowest BCUT2D eigenvalue weighted by atomic mass is 9.98. The Kier molecular flexibility index (Phi) is 3.16. The van der Waals surface area contributed by atoms with E-state index in [-0.39, 0.29) is 0 Å². The molecule has 1 aromatic rings. The van der Waals surface area contributed by atoms with Crippen LogP contribution in [0.3, 0.4) is 0 Å². The fourth-order valence-electron chi connectivity index (χ4n) is 3.58. The molecular formula is C14H24N4. The lowest BCUT2D eigenvalue weighted by molar-refractivity contribution is 0.163. The second-order valence-electron chi connectivity index (χ2n) is 6.08. The van der Waals surface area contributed by atoms with Crippen LogP contribution in [0.5, 0.6) is 0 Å². The molecule has 0 saturated carbocycles. The van der Waals surface area contributed by atoms with Crippen LogP contribution < -0.4 is 5.32 Å². The minimum Gasteiger partial charge on any atom is -0.311 e. The third kappa shape index (κ3) is 2.31. The van der Waals surface area contributed by atoms with Crippen LogP contribution in [0, 0.1) is 6.92 Å². The Labute approximate surface area is 109 Å². The van der Waals surface area contributed by atoms with Crippen molar-refractivity contribution in [1.29, 1.82) is 0 Å². The Balaban J connectivity index is 1.64. The molecule has 2 aliphatic rings. The standard InChI is InChI=1S/C14H24N4/c1-10-6-14(18(3)16-10)9-17(2)13-7-11-4-5-12(8-13)15-11/h6,11-13,15H,4-5,7-9H2,1-3H3. The van der Waals surface area contributed by atoms with E-state index in [1.165, 1.54) is 31.4 Å². The van der Waals surface area contributed by atoms with Crippen molar-refractivity contribution in [2.75, 3.05) is 7.05 Å². The minimum absolute atomic E-state index is 0.735. The molecule has 1 N–H and O–H groups in total. The van der Waals surface area contributed by atoms with Crippen LogP contribution in [-0.2, 0) is 13.6 Å². The molecule has 0 aliphatic carbocycles. The highest BCUT2D eigenvalue weighted by Crippen LogP contribution is 2.29. The van der Waals surface area contributed by atoms with Crippen molar-refractivity contribution in [2.45, 2.75) is 57.3 Å². The molecule has 0 aromatic carbocycles. The van der Waals surface area contributed by atoms with Crippen LogP contribution in [-0.4, -0.2) is 39.9 Å². The number of aromatic nitrogens is 2. The van der Waals surface area contributed by atoms with E-state index in [1.807, 2.05) is 11.7 Å². The molecule has 4 heteroatoms. The smallest absolute Gasteiger partial charge is 0.0597 e. The third-order valence-electron chi connectivity index (χ3n) is 4.58. The van der Waals surface area contributed by atoms with E-state index in [0.29, 0.717) is 0 Å². The molecule has 2 saturated heterocycles. The van der Waals surface area contributed by atoms with Gasteiger partial charge in [-0.15, -0.1) is 0 Å². The SMILES string of the molecule is Cc1cc(CN(C)C2CC3CCC(C2)N3)n(C)n1. The van der Waals surface area contributed by atoms with E-state index in [2.05, 4.69) is 35.4 Å². The Bertz CT molecular complexity index is 413. The molecule has 100 valence electrons. The van der Waals surface area contributed by atoms with Crippen molar-refractivity contribution in [1.82, 2.24) is 20.0 Å². The summed E-state index contributed by atoms with van der Waals surface area (Å²) in [7, 11) is 4.31. The number of hydrogen-bond acceptors (Lipinski definition) is 3. The molecule has 3 heterocycles. The highest BCUT2D eigenvalue weighted by molar-refractivity contribution is 5.09. The highest BCUT2D eigenvalue weighted by atomic mass is 15.3. The number of rotatable bonds is 3. The summed E-state index contributed by atoms with van der Waals surface area (Å²) in [4.78, 5) is 2.52. The van der Waals surface area contributed by atoms with Crippen LogP contribution in [0.25, 0.3) is 0 Å². The van der Waals surface area contributed by atoms with Crippen LogP contribution in [0.2, 0.25) is 0 Å². The van der Waals surface area contributed by atoms with E-state index in [1.54, 1.807) is 0 Å². The van der Waals surface area contributed by atoms with E-state index in [9.17, 15) is 0 Å². The molecule has 2 unspecified atom stereocenters. The van der Waals surface area contributed by atoms with Crippen molar-refractivity contribution in [3.8, 4) is 0 Å². The van der Waals surface area contributed by atoms with Crippen molar-refractivity contribution >= 4 is 0 Å². The number of piperidine rings is 1. The summed E-state index contributed by atoms with van der Waals surface area (Å²) in [6.45, 7) is 3.08. The second kappa shape index (κ2) is 4.67. The number of nitrogens with one attached hydrogen (secondary N) is 1. The first-order valence-electron chi connectivity index (χ1n) is 7.07. The van der Waals surface area contributed by atoms with Gasteiger partial charge in [-0.05, 0) is 45.7 Å². The lowest BCUT2D eigenvalue weighted by Gasteiger charge is -2.35. The summed E-state index contributed by atoms with van der Waals surface area (Å²) in [6, 6.07) is 4.47. The number of aryl methyl sites for hydroxylation is 2. The summed E-state index contributed by atoms with van der Waals surface area (Å²) in [6.07, 6.45) is 5.37. The maximum absolute atomic E-state index is 4.43. The van der Waals surface area contributed by atoms with Gasteiger partial charge in [-0.1, -0.05) is 0 Å². The van der Waals surface area contributed by atoms with Gasteiger partial charge in [0.05, 0.1) is 11.4 Å². The molecule has 4 nitrogen and oxygen atoms in total. The molecule has 0 amide bonds. The van der Waals surface area contributed by atoms with Crippen LogP contribution in [0.1, 0.15) is 37.1 Å². The average molecular weight is 248 g/mol. The monoisotopic (exact) mass is 248 g/mol. The van der Waals surface area contributed by atoms with Crippen molar-refractivity contribution in [3.05, 3.63) is 17.5 Å². The fraction of sp³-hybridized carbons (Fsp3) is 0.786. The third-order valence-corrected chi connectivity index (χ3v) is 4.58. The Morgan fingerprint density at radius 2 is 2.06 bits per heavy atom. The summed E-state index contributed by atoms with van der Waals surface area (Å²) >= 11 is 0. The van der Waals surface area contributed by atoms with Gasteiger partial charge in [-0.25, -0.2) is 0 Å². The summed E-state index contributed by atoms with van der Waals surface area (Å²) < 4.78 is 2.02. The summed E-state index contributed by atoms with van der Waals surface area (Å²) in [5.41, 5.74) is 2.44. The van der Waals surface area contributed by atoms with Gasteiger partial charge in [0.25, 0.3) is 0 Å². The molecule has 0 radical (unpaired) electrons. The first-order chi connectivity index (χ1) is 8.61. The van der Waals surface area contributed by atoms with Gasteiger partial charge in [0, 0.05) is 31.7 Å². The van der Waals surface area contributed by atoms with Gasteiger partial charge in [-0.2, -0.15) is 5.10 Å². The largest absolute Gasteiger partial charge is 0.311 e. The van der Waals surface area contributed by atoms with E-state index >= 15 is 0 Å². The van der Waals surface area contributed by atoms with Gasteiger partial charge in [-0.3, -0.25) is 9.58 Å². The van der Waals surface area contributed by atoms with E-state index in [4.69, 9.17) is 0 Å². The number of nitrogens with zero attached hydrogens (tertiary/aromatic N) is 3.